The highest BCUT2D eigenvalue weighted by atomic mass is 19.1. The predicted octanol–water partition coefficient (Wildman–Crippen LogP) is 1.90. The SMILES string of the molecule is CNCc1cc(F)ccc1N1CCCC(C)(O)C1. The highest BCUT2D eigenvalue weighted by Gasteiger charge is 2.29. The Hall–Kier alpha value is -1.13. The number of benzene rings is 1. The second-order valence-corrected chi connectivity index (χ2v) is 5.33. The van der Waals surface area contributed by atoms with Gasteiger partial charge in [0, 0.05) is 25.3 Å². The zero-order chi connectivity index (χ0) is 13.2. The molecule has 2 rings (SSSR count). The van der Waals surface area contributed by atoms with Crippen LogP contribution in [-0.4, -0.2) is 30.8 Å². The maximum Gasteiger partial charge on any atom is 0.123 e. The minimum Gasteiger partial charge on any atom is -0.388 e. The number of β-amino-alcohol motifs (C(OH)–C–C–N with tert-alkyl or cyclic N) is 1. The number of rotatable bonds is 3. The van der Waals surface area contributed by atoms with Crippen molar-refractivity contribution in [2.24, 2.45) is 0 Å². The van der Waals surface area contributed by atoms with Gasteiger partial charge in [-0.3, -0.25) is 0 Å². The molecule has 0 amide bonds. The summed E-state index contributed by atoms with van der Waals surface area (Å²) in [6.45, 7) is 4.01. The van der Waals surface area contributed by atoms with Gasteiger partial charge in [0.25, 0.3) is 0 Å². The third-order valence-electron chi connectivity index (χ3n) is 3.42. The van der Waals surface area contributed by atoms with E-state index in [-0.39, 0.29) is 5.82 Å². The van der Waals surface area contributed by atoms with E-state index in [9.17, 15) is 9.50 Å². The number of hydrogen-bond donors (Lipinski definition) is 2. The molecule has 1 saturated heterocycles. The summed E-state index contributed by atoms with van der Waals surface area (Å²) < 4.78 is 13.3. The monoisotopic (exact) mass is 252 g/mol. The highest BCUT2D eigenvalue weighted by molar-refractivity contribution is 5.54. The smallest absolute Gasteiger partial charge is 0.123 e. The number of aliphatic hydroxyl groups is 1. The third kappa shape index (κ3) is 3.00. The van der Waals surface area contributed by atoms with Crippen molar-refractivity contribution in [3.05, 3.63) is 29.6 Å². The van der Waals surface area contributed by atoms with E-state index >= 15 is 0 Å². The molecule has 100 valence electrons. The lowest BCUT2D eigenvalue weighted by atomic mass is 9.94. The Balaban J connectivity index is 2.26. The van der Waals surface area contributed by atoms with Crippen molar-refractivity contribution in [3.8, 4) is 0 Å². The quantitative estimate of drug-likeness (QED) is 0.862. The van der Waals surface area contributed by atoms with Gasteiger partial charge >= 0.3 is 0 Å². The van der Waals surface area contributed by atoms with Crippen LogP contribution in [-0.2, 0) is 6.54 Å². The average Bonchev–Trinajstić information content (AvgIpc) is 2.28. The number of nitrogens with one attached hydrogen (secondary N) is 1. The fourth-order valence-corrected chi connectivity index (χ4v) is 2.62. The molecule has 3 nitrogen and oxygen atoms in total. The van der Waals surface area contributed by atoms with Crippen molar-refractivity contribution in [1.29, 1.82) is 0 Å². The van der Waals surface area contributed by atoms with Gasteiger partial charge in [-0.2, -0.15) is 0 Å². The molecule has 1 heterocycles. The van der Waals surface area contributed by atoms with Gasteiger partial charge in [-0.25, -0.2) is 4.39 Å². The Morgan fingerprint density at radius 3 is 2.94 bits per heavy atom. The van der Waals surface area contributed by atoms with E-state index in [1.807, 2.05) is 20.0 Å². The van der Waals surface area contributed by atoms with E-state index in [1.54, 1.807) is 6.07 Å². The molecule has 0 radical (unpaired) electrons. The Morgan fingerprint density at radius 1 is 1.50 bits per heavy atom. The van der Waals surface area contributed by atoms with Crippen LogP contribution in [0.2, 0.25) is 0 Å². The summed E-state index contributed by atoms with van der Waals surface area (Å²) in [5.41, 5.74) is 1.31. The molecule has 0 aliphatic carbocycles. The maximum absolute atomic E-state index is 13.3. The molecule has 0 saturated carbocycles. The first-order chi connectivity index (χ1) is 8.52. The van der Waals surface area contributed by atoms with Crippen molar-refractivity contribution in [2.75, 3.05) is 25.0 Å². The molecule has 0 spiro atoms. The molecule has 0 aromatic heterocycles. The summed E-state index contributed by atoms with van der Waals surface area (Å²) in [5, 5.41) is 13.2. The third-order valence-corrected chi connectivity index (χ3v) is 3.42. The van der Waals surface area contributed by atoms with E-state index in [0.29, 0.717) is 13.1 Å². The fraction of sp³-hybridized carbons (Fsp3) is 0.571. The summed E-state index contributed by atoms with van der Waals surface area (Å²) in [7, 11) is 1.85. The molecular weight excluding hydrogens is 231 g/mol. The molecule has 1 aromatic carbocycles. The van der Waals surface area contributed by atoms with Crippen LogP contribution in [0.1, 0.15) is 25.3 Å². The molecule has 1 fully saturated rings. The first-order valence-corrected chi connectivity index (χ1v) is 6.42. The molecule has 2 N–H and O–H groups in total. The van der Waals surface area contributed by atoms with Gasteiger partial charge in [0.15, 0.2) is 0 Å². The molecule has 4 heteroatoms. The summed E-state index contributed by atoms with van der Waals surface area (Å²) in [6, 6.07) is 4.86. The van der Waals surface area contributed by atoms with E-state index in [1.165, 1.54) is 6.07 Å². The Morgan fingerprint density at radius 2 is 2.28 bits per heavy atom. The van der Waals surface area contributed by atoms with Gasteiger partial charge in [0.1, 0.15) is 5.82 Å². The van der Waals surface area contributed by atoms with Crippen molar-refractivity contribution >= 4 is 5.69 Å². The van der Waals surface area contributed by atoms with Crippen LogP contribution in [0, 0.1) is 5.82 Å². The zero-order valence-electron chi connectivity index (χ0n) is 11.0. The van der Waals surface area contributed by atoms with Crippen LogP contribution in [0.15, 0.2) is 18.2 Å². The van der Waals surface area contributed by atoms with Crippen LogP contribution < -0.4 is 10.2 Å². The Bertz CT molecular complexity index is 420. The van der Waals surface area contributed by atoms with Crippen molar-refractivity contribution in [1.82, 2.24) is 5.32 Å². The molecule has 18 heavy (non-hydrogen) atoms. The predicted molar refractivity (Wildman–Crippen MR) is 71.2 cm³/mol. The first kappa shape index (κ1) is 13.3. The minimum absolute atomic E-state index is 0.215. The van der Waals surface area contributed by atoms with Crippen LogP contribution in [0.5, 0.6) is 0 Å². The van der Waals surface area contributed by atoms with Crippen molar-refractivity contribution < 1.29 is 9.50 Å². The second kappa shape index (κ2) is 5.24. The normalized spacial score (nSPS) is 24.3. The summed E-state index contributed by atoms with van der Waals surface area (Å²) in [5.74, 6) is -0.215. The van der Waals surface area contributed by atoms with Gasteiger partial charge < -0.3 is 15.3 Å². The maximum atomic E-state index is 13.3. The van der Waals surface area contributed by atoms with Gasteiger partial charge in [0.05, 0.1) is 5.60 Å². The van der Waals surface area contributed by atoms with E-state index < -0.39 is 5.60 Å². The minimum atomic E-state index is -0.649. The Kier molecular flexibility index (Phi) is 3.88. The molecule has 1 unspecified atom stereocenters. The second-order valence-electron chi connectivity index (χ2n) is 5.33. The van der Waals surface area contributed by atoms with Gasteiger partial charge in [0.2, 0.25) is 0 Å². The summed E-state index contributed by atoms with van der Waals surface area (Å²) in [4.78, 5) is 2.15. The van der Waals surface area contributed by atoms with Crippen molar-refractivity contribution in [3.63, 3.8) is 0 Å². The largest absolute Gasteiger partial charge is 0.388 e. The Labute approximate surface area is 108 Å². The van der Waals surface area contributed by atoms with Crippen LogP contribution in [0.3, 0.4) is 0 Å². The number of piperidine rings is 1. The van der Waals surface area contributed by atoms with Crippen molar-refractivity contribution in [2.45, 2.75) is 31.9 Å². The van der Waals surface area contributed by atoms with E-state index in [4.69, 9.17) is 0 Å². The molecule has 0 bridgehead atoms. The lowest BCUT2D eigenvalue weighted by Crippen LogP contribution is -2.46. The number of hydrogen-bond acceptors (Lipinski definition) is 3. The van der Waals surface area contributed by atoms with Crippen LogP contribution >= 0.6 is 0 Å². The topological polar surface area (TPSA) is 35.5 Å². The first-order valence-electron chi connectivity index (χ1n) is 6.42. The summed E-state index contributed by atoms with van der Waals surface area (Å²) >= 11 is 0. The van der Waals surface area contributed by atoms with Crippen LogP contribution in [0.25, 0.3) is 0 Å². The number of nitrogens with zero attached hydrogens (tertiary/aromatic N) is 1. The lowest BCUT2D eigenvalue weighted by Gasteiger charge is -2.39. The average molecular weight is 252 g/mol. The highest BCUT2D eigenvalue weighted by Crippen LogP contribution is 2.28. The fourth-order valence-electron chi connectivity index (χ4n) is 2.62. The van der Waals surface area contributed by atoms with E-state index in [0.717, 1.165) is 30.6 Å². The molecule has 1 atom stereocenters. The lowest BCUT2D eigenvalue weighted by molar-refractivity contribution is 0.0449. The van der Waals surface area contributed by atoms with Gasteiger partial charge in [-0.1, -0.05) is 0 Å². The standard InChI is InChI=1S/C14H21FN2O/c1-14(18)6-3-7-17(10-14)13-5-4-12(15)8-11(13)9-16-2/h4-5,8,16,18H,3,6-7,9-10H2,1-2H3. The van der Waals surface area contributed by atoms with Crippen LogP contribution in [0.4, 0.5) is 10.1 Å². The molecule has 1 aromatic rings. The molecular formula is C14H21FN2O. The van der Waals surface area contributed by atoms with Gasteiger partial charge in [-0.15, -0.1) is 0 Å². The summed E-state index contributed by atoms with van der Waals surface area (Å²) in [6.07, 6.45) is 1.79. The van der Waals surface area contributed by atoms with E-state index in [2.05, 4.69) is 10.2 Å². The molecule has 1 aliphatic rings. The number of halogens is 1. The van der Waals surface area contributed by atoms with Gasteiger partial charge in [-0.05, 0) is 50.6 Å². The molecule has 1 aliphatic heterocycles. The zero-order valence-corrected chi connectivity index (χ0v) is 11.0. The number of anilines is 1.